The lowest BCUT2D eigenvalue weighted by atomic mass is 11.8. The Morgan fingerprint density at radius 1 is 0.667 bits per heavy atom. The molecular weight excluding hydrogens is 260 g/mol. The van der Waals surface area contributed by atoms with Gasteiger partial charge in [0.1, 0.15) is 0 Å². The molecule has 0 aliphatic heterocycles. The fraction of sp³-hybridized carbons (Fsp3) is 1.00. The largest absolute Gasteiger partial charge is 0.647 e. The molecule has 8 heteroatoms. The molecule has 0 aromatic carbocycles. The van der Waals surface area contributed by atoms with Crippen molar-refractivity contribution in [3.8, 4) is 0 Å². The van der Waals surface area contributed by atoms with Crippen LogP contribution in [0.3, 0.4) is 0 Å². The number of hydrogen-bond acceptors (Lipinski definition) is 4. The van der Waals surface area contributed by atoms with Gasteiger partial charge in [-0.1, -0.05) is 0 Å². The summed E-state index contributed by atoms with van der Waals surface area (Å²) in [5, 5.41) is 0. The zero-order chi connectivity index (χ0) is 12.1. The van der Waals surface area contributed by atoms with Crippen molar-refractivity contribution in [2.75, 3.05) is 7.11 Å². The summed E-state index contributed by atoms with van der Waals surface area (Å²) in [5.74, 6) is 0. The molecule has 15 heavy (non-hydrogen) atoms. The molecular formula is C7H21O4Si4. The van der Waals surface area contributed by atoms with Crippen LogP contribution in [0.15, 0.2) is 0 Å². The monoisotopic (exact) mass is 281 g/mol. The Kier molecular flexibility index (Phi) is 7.45. The smallest absolute Gasteiger partial charge is 0.395 e. The van der Waals surface area contributed by atoms with Gasteiger partial charge in [-0.3, -0.25) is 0 Å². The maximum atomic E-state index is 5.83. The van der Waals surface area contributed by atoms with Gasteiger partial charge in [0.25, 0.3) is 0 Å². The van der Waals surface area contributed by atoms with Gasteiger partial charge in [0, 0.05) is 7.11 Å². The van der Waals surface area contributed by atoms with Crippen molar-refractivity contribution in [3.05, 3.63) is 0 Å². The van der Waals surface area contributed by atoms with Crippen molar-refractivity contribution in [2.24, 2.45) is 0 Å². The Morgan fingerprint density at radius 3 is 1.07 bits per heavy atom. The van der Waals surface area contributed by atoms with Gasteiger partial charge in [-0.05, 0) is 39.3 Å². The Morgan fingerprint density at radius 2 is 0.933 bits per heavy atom. The van der Waals surface area contributed by atoms with E-state index in [1.54, 1.807) is 7.11 Å². The van der Waals surface area contributed by atoms with Crippen LogP contribution in [0.1, 0.15) is 0 Å². The van der Waals surface area contributed by atoms with Crippen LogP contribution in [0, 0.1) is 0 Å². The van der Waals surface area contributed by atoms with E-state index < -0.39 is 36.2 Å². The SMILES string of the molecule is CO[Si](O[Si](C)C)(O[Si](C)C)O[Si](C)C. The molecule has 0 heterocycles. The van der Waals surface area contributed by atoms with Crippen LogP contribution in [0.2, 0.25) is 39.3 Å². The van der Waals surface area contributed by atoms with Gasteiger partial charge in [-0.15, -0.1) is 0 Å². The molecule has 4 nitrogen and oxygen atoms in total. The highest BCUT2D eigenvalue weighted by atomic mass is 28.5. The summed E-state index contributed by atoms with van der Waals surface area (Å²) in [6, 6.07) is 0. The zero-order valence-electron chi connectivity index (χ0n) is 10.6. The summed E-state index contributed by atoms with van der Waals surface area (Å²) in [6.07, 6.45) is 0. The van der Waals surface area contributed by atoms with Crippen LogP contribution in [-0.2, 0) is 16.8 Å². The summed E-state index contributed by atoms with van der Waals surface area (Å²) in [6.45, 7) is 12.4. The predicted octanol–water partition coefficient (Wildman–Crippen LogP) is 1.87. The molecule has 0 amide bonds. The molecule has 0 N–H and O–H groups in total. The van der Waals surface area contributed by atoms with Crippen LogP contribution in [0.25, 0.3) is 0 Å². The van der Waals surface area contributed by atoms with Crippen LogP contribution in [0.4, 0.5) is 0 Å². The quantitative estimate of drug-likeness (QED) is 0.668. The molecule has 89 valence electrons. The van der Waals surface area contributed by atoms with Gasteiger partial charge in [0.05, 0.1) is 0 Å². The minimum Gasteiger partial charge on any atom is -0.395 e. The van der Waals surface area contributed by atoms with Gasteiger partial charge in [0.2, 0.25) is 0 Å². The van der Waals surface area contributed by atoms with Crippen molar-refractivity contribution < 1.29 is 16.8 Å². The Balaban J connectivity index is 4.59. The third kappa shape index (κ3) is 6.79. The first-order chi connectivity index (χ1) is 6.81. The van der Waals surface area contributed by atoms with E-state index in [0.29, 0.717) is 0 Å². The molecule has 0 bridgehead atoms. The lowest BCUT2D eigenvalue weighted by molar-refractivity contribution is 0.119. The zero-order valence-corrected chi connectivity index (χ0v) is 14.6. The average Bonchev–Trinajstić information content (AvgIpc) is 1.99. The molecule has 0 unspecified atom stereocenters. The molecule has 0 atom stereocenters. The van der Waals surface area contributed by atoms with Crippen LogP contribution in [0.5, 0.6) is 0 Å². The van der Waals surface area contributed by atoms with E-state index >= 15 is 0 Å². The van der Waals surface area contributed by atoms with Gasteiger partial charge < -0.3 is 16.8 Å². The lowest BCUT2D eigenvalue weighted by Gasteiger charge is -2.31. The van der Waals surface area contributed by atoms with Gasteiger partial charge in [-0.2, -0.15) is 0 Å². The first kappa shape index (κ1) is 15.7. The molecule has 0 rings (SSSR count). The standard InChI is InChI=1S/C7H21O4Si4/c1-8-15(9-12(2)3,10-13(4)5)11-14(6)7/h1-7H3. The average molecular weight is 282 g/mol. The van der Waals surface area contributed by atoms with Crippen molar-refractivity contribution in [1.82, 2.24) is 0 Å². The first-order valence-corrected chi connectivity index (χ1v) is 13.7. The van der Waals surface area contributed by atoms with E-state index in [-0.39, 0.29) is 0 Å². The Hall–Kier alpha value is 0.708. The molecule has 0 fully saturated rings. The predicted molar refractivity (Wildman–Crippen MR) is 68.5 cm³/mol. The first-order valence-electron chi connectivity index (χ1n) is 4.84. The summed E-state index contributed by atoms with van der Waals surface area (Å²) in [4.78, 5) is 0. The molecule has 0 aliphatic rings. The molecule has 0 aromatic rings. The van der Waals surface area contributed by atoms with Gasteiger partial charge >= 0.3 is 9.05 Å². The molecule has 3 radical (unpaired) electrons. The topological polar surface area (TPSA) is 36.9 Å². The highest BCUT2D eigenvalue weighted by molar-refractivity contribution is 6.76. The normalized spacial score (nSPS) is 13.2. The van der Waals surface area contributed by atoms with E-state index in [1.165, 1.54) is 0 Å². The minimum absolute atomic E-state index is 0.874. The van der Waals surface area contributed by atoms with E-state index in [2.05, 4.69) is 39.3 Å². The summed E-state index contributed by atoms with van der Waals surface area (Å²) in [7, 11) is -3.83. The highest BCUT2D eigenvalue weighted by Crippen LogP contribution is 2.15. The fourth-order valence-electron chi connectivity index (χ4n) is 0.937. The number of rotatable bonds is 7. The van der Waals surface area contributed by atoms with E-state index in [0.717, 1.165) is 0 Å². The van der Waals surface area contributed by atoms with Crippen molar-refractivity contribution >= 4 is 36.2 Å². The van der Waals surface area contributed by atoms with E-state index in [1.807, 2.05) is 0 Å². The van der Waals surface area contributed by atoms with E-state index in [4.69, 9.17) is 16.8 Å². The molecule has 0 saturated heterocycles. The van der Waals surface area contributed by atoms with Crippen LogP contribution >= 0.6 is 0 Å². The third-order valence-electron chi connectivity index (χ3n) is 1.24. The van der Waals surface area contributed by atoms with Crippen molar-refractivity contribution in [3.63, 3.8) is 0 Å². The van der Waals surface area contributed by atoms with Crippen LogP contribution < -0.4 is 0 Å². The molecule has 0 aliphatic carbocycles. The number of hydrogen-bond donors (Lipinski definition) is 0. The van der Waals surface area contributed by atoms with Crippen molar-refractivity contribution in [2.45, 2.75) is 39.3 Å². The maximum Gasteiger partial charge on any atom is 0.647 e. The Labute approximate surface area is 99.6 Å². The van der Waals surface area contributed by atoms with Crippen molar-refractivity contribution in [1.29, 1.82) is 0 Å². The second kappa shape index (κ2) is 7.12. The van der Waals surface area contributed by atoms with Crippen LogP contribution in [-0.4, -0.2) is 43.3 Å². The fourth-order valence-corrected chi connectivity index (χ4v) is 9.56. The summed E-state index contributed by atoms with van der Waals surface area (Å²) in [5.41, 5.74) is 0. The lowest BCUT2D eigenvalue weighted by Crippen LogP contribution is -2.55. The second-order valence-electron chi connectivity index (χ2n) is 3.74. The maximum absolute atomic E-state index is 5.83. The molecule has 0 saturated carbocycles. The second-order valence-corrected chi connectivity index (χ2v) is 13.0. The van der Waals surface area contributed by atoms with Gasteiger partial charge in [-0.25, -0.2) is 0 Å². The van der Waals surface area contributed by atoms with Gasteiger partial charge in [0.15, 0.2) is 27.1 Å². The summed E-state index contributed by atoms with van der Waals surface area (Å²) < 4.78 is 22.9. The minimum atomic E-state index is -2.82. The third-order valence-corrected chi connectivity index (χ3v) is 9.64. The Bertz CT molecular complexity index is 150. The molecule has 0 spiro atoms. The molecule has 0 aromatic heterocycles. The highest BCUT2D eigenvalue weighted by Gasteiger charge is 2.46. The summed E-state index contributed by atoms with van der Waals surface area (Å²) >= 11 is 0. The van der Waals surface area contributed by atoms with E-state index in [9.17, 15) is 0 Å².